The van der Waals surface area contributed by atoms with E-state index in [-0.39, 0.29) is 29.8 Å². The van der Waals surface area contributed by atoms with E-state index in [0.717, 1.165) is 11.3 Å². The molecule has 1 aliphatic heterocycles. The Kier molecular flexibility index (Phi) is 6.25. The van der Waals surface area contributed by atoms with E-state index in [0.29, 0.717) is 18.9 Å². The van der Waals surface area contributed by atoms with Crippen LogP contribution in [0.1, 0.15) is 37.9 Å². The highest BCUT2D eigenvalue weighted by atomic mass is 16.6. The first-order chi connectivity index (χ1) is 14.6. The molecule has 0 bridgehead atoms. The van der Waals surface area contributed by atoms with Crippen molar-refractivity contribution in [1.29, 1.82) is 0 Å². The molecule has 2 aromatic rings. The Balaban J connectivity index is 1.87. The van der Waals surface area contributed by atoms with Gasteiger partial charge in [0.05, 0.1) is 42.8 Å². The van der Waals surface area contributed by atoms with E-state index in [1.54, 1.807) is 12.3 Å². The van der Waals surface area contributed by atoms with Gasteiger partial charge in [-0.2, -0.15) is 4.98 Å². The summed E-state index contributed by atoms with van der Waals surface area (Å²) in [5.74, 6) is 0.0416. The van der Waals surface area contributed by atoms with Crippen molar-refractivity contribution in [1.82, 2.24) is 14.9 Å². The van der Waals surface area contributed by atoms with Gasteiger partial charge in [0.15, 0.2) is 0 Å². The molecular formula is C20H25N5O6. The molecule has 166 valence electrons. The number of amides is 1. The zero-order valence-electron chi connectivity index (χ0n) is 17.8. The lowest BCUT2D eigenvalue weighted by atomic mass is 9.95. The number of nitrogens with one attached hydrogen (secondary N) is 1. The molecule has 11 heteroatoms. The van der Waals surface area contributed by atoms with Crippen molar-refractivity contribution < 1.29 is 24.3 Å². The summed E-state index contributed by atoms with van der Waals surface area (Å²) in [7, 11) is 1.42. The fourth-order valence-corrected chi connectivity index (χ4v) is 3.38. The first-order valence-corrected chi connectivity index (χ1v) is 9.63. The van der Waals surface area contributed by atoms with Crippen LogP contribution in [0.3, 0.4) is 0 Å². The van der Waals surface area contributed by atoms with Gasteiger partial charge >= 0.3 is 11.8 Å². The topological polar surface area (TPSA) is 140 Å². The quantitative estimate of drug-likeness (QED) is 0.519. The Morgan fingerprint density at radius 2 is 2.19 bits per heavy atom. The molecule has 0 spiro atoms. The van der Waals surface area contributed by atoms with Gasteiger partial charge in [0.25, 0.3) is 0 Å². The molecule has 2 aromatic heterocycles. The Morgan fingerprint density at radius 1 is 1.45 bits per heavy atom. The second-order valence-electron chi connectivity index (χ2n) is 8.15. The number of fused-ring (bicyclic) bond motifs is 1. The van der Waals surface area contributed by atoms with E-state index in [9.17, 15) is 20.0 Å². The number of nitro groups is 1. The van der Waals surface area contributed by atoms with Crippen molar-refractivity contribution in [3.63, 3.8) is 0 Å². The summed E-state index contributed by atoms with van der Waals surface area (Å²) in [5, 5.41) is 23.8. The zero-order valence-corrected chi connectivity index (χ0v) is 17.8. The Hall–Kier alpha value is -3.47. The third-order valence-electron chi connectivity index (χ3n) is 4.93. The molecule has 0 saturated heterocycles. The van der Waals surface area contributed by atoms with E-state index in [1.807, 2.05) is 20.8 Å². The molecule has 3 heterocycles. The van der Waals surface area contributed by atoms with Gasteiger partial charge in [-0.05, 0) is 26.8 Å². The normalized spacial score (nSPS) is 15.7. The first-order valence-electron chi connectivity index (χ1n) is 9.63. The molecule has 0 saturated carbocycles. The SMILES string of the molecule is COc1ccc([N+](=O)[O-])c(Nc2cnc3c(c2)COCC3CN(C(=O)O)C(C)(C)C)n1. The zero-order chi connectivity index (χ0) is 22.8. The number of carbonyl (C=O) groups is 1. The fraction of sp³-hybridized carbons (Fsp3) is 0.450. The van der Waals surface area contributed by atoms with E-state index in [2.05, 4.69) is 15.3 Å². The number of aromatic nitrogens is 2. The van der Waals surface area contributed by atoms with Crippen molar-refractivity contribution in [2.24, 2.45) is 0 Å². The number of ether oxygens (including phenoxy) is 2. The molecule has 31 heavy (non-hydrogen) atoms. The van der Waals surface area contributed by atoms with Crippen molar-refractivity contribution in [3.05, 3.63) is 45.8 Å². The van der Waals surface area contributed by atoms with Crippen LogP contribution in [0.4, 0.5) is 22.0 Å². The molecule has 1 atom stereocenters. The van der Waals surface area contributed by atoms with Crippen LogP contribution in [0.2, 0.25) is 0 Å². The minimum Gasteiger partial charge on any atom is -0.481 e. The Bertz CT molecular complexity index is 991. The minimum atomic E-state index is -1.01. The average molecular weight is 431 g/mol. The van der Waals surface area contributed by atoms with Crippen LogP contribution >= 0.6 is 0 Å². The predicted octanol–water partition coefficient (Wildman–Crippen LogP) is 3.53. The number of anilines is 2. The summed E-state index contributed by atoms with van der Waals surface area (Å²) in [6, 6.07) is 4.50. The molecule has 0 radical (unpaired) electrons. The average Bonchev–Trinajstić information content (AvgIpc) is 2.70. The highest BCUT2D eigenvalue weighted by Crippen LogP contribution is 2.32. The number of rotatable bonds is 6. The van der Waals surface area contributed by atoms with Crippen LogP contribution in [0.5, 0.6) is 5.88 Å². The maximum atomic E-state index is 11.7. The molecule has 0 aliphatic carbocycles. The van der Waals surface area contributed by atoms with Crippen molar-refractivity contribution in [2.75, 3.05) is 25.6 Å². The number of methoxy groups -OCH3 is 1. The maximum absolute atomic E-state index is 11.7. The fourth-order valence-electron chi connectivity index (χ4n) is 3.38. The van der Waals surface area contributed by atoms with Crippen molar-refractivity contribution in [3.8, 4) is 5.88 Å². The van der Waals surface area contributed by atoms with Crippen LogP contribution in [-0.2, 0) is 11.3 Å². The highest BCUT2D eigenvalue weighted by Gasteiger charge is 2.32. The molecule has 1 unspecified atom stereocenters. The number of carboxylic acid groups (broad SMARTS) is 1. The van der Waals surface area contributed by atoms with Gasteiger partial charge in [-0.3, -0.25) is 15.1 Å². The number of hydrogen-bond donors (Lipinski definition) is 2. The summed E-state index contributed by atoms with van der Waals surface area (Å²) in [6.45, 7) is 6.41. The van der Waals surface area contributed by atoms with Gasteiger partial charge in [-0.15, -0.1) is 0 Å². The third-order valence-corrected chi connectivity index (χ3v) is 4.93. The lowest BCUT2D eigenvalue weighted by Gasteiger charge is -2.37. The minimum absolute atomic E-state index is 0.0316. The van der Waals surface area contributed by atoms with Gasteiger partial charge in [-0.25, -0.2) is 4.79 Å². The summed E-state index contributed by atoms with van der Waals surface area (Å²) in [5.41, 5.74) is 1.26. The van der Waals surface area contributed by atoms with Crippen molar-refractivity contribution in [2.45, 2.75) is 38.8 Å². The summed E-state index contributed by atoms with van der Waals surface area (Å²) in [4.78, 5) is 32.5. The maximum Gasteiger partial charge on any atom is 0.407 e. The second kappa shape index (κ2) is 8.72. The molecule has 1 aliphatic rings. The highest BCUT2D eigenvalue weighted by molar-refractivity contribution is 5.67. The van der Waals surface area contributed by atoms with Gasteiger partial charge < -0.3 is 24.8 Å². The monoisotopic (exact) mass is 431 g/mol. The van der Waals surface area contributed by atoms with Gasteiger partial charge in [0.2, 0.25) is 11.7 Å². The second-order valence-corrected chi connectivity index (χ2v) is 8.15. The van der Waals surface area contributed by atoms with Gasteiger partial charge in [-0.1, -0.05) is 0 Å². The molecule has 2 N–H and O–H groups in total. The smallest absolute Gasteiger partial charge is 0.407 e. The van der Waals surface area contributed by atoms with E-state index in [4.69, 9.17) is 9.47 Å². The molecule has 11 nitrogen and oxygen atoms in total. The molecule has 3 rings (SSSR count). The summed E-state index contributed by atoms with van der Waals surface area (Å²) >= 11 is 0. The number of pyridine rings is 2. The Morgan fingerprint density at radius 3 is 2.81 bits per heavy atom. The first kappa shape index (κ1) is 22.2. The molecule has 0 fully saturated rings. The van der Waals surface area contributed by atoms with E-state index in [1.165, 1.54) is 24.1 Å². The molecule has 0 aromatic carbocycles. The van der Waals surface area contributed by atoms with Crippen LogP contribution < -0.4 is 10.1 Å². The van der Waals surface area contributed by atoms with Gasteiger partial charge in [0, 0.05) is 35.7 Å². The summed E-state index contributed by atoms with van der Waals surface area (Å²) in [6.07, 6.45) is 0.541. The lowest BCUT2D eigenvalue weighted by Crippen LogP contribution is -2.48. The van der Waals surface area contributed by atoms with Crippen LogP contribution in [0.15, 0.2) is 24.4 Å². The number of nitrogens with zero attached hydrogens (tertiary/aromatic N) is 4. The van der Waals surface area contributed by atoms with Crippen LogP contribution in [0, 0.1) is 10.1 Å². The lowest BCUT2D eigenvalue weighted by molar-refractivity contribution is -0.384. The predicted molar refractivity (Wildman–Crippen MR) is 112 cm³/mol. The van der Waals surface area contributed by atoms with Crippen LogP contribution in [0.25, 0.3) is 0 Å². The van der Waals surface area contributed by atoms with E-state index >= 15 is 0 Å². The van der Waals surface area contributed by atoms with Crippen molar-refractivity contribution >= 4 is 23.3 Å². The third kappa shape index (κ3) is 5.00. The van der Waals surface area contributed by atoms with Gasteiger partial charge in [0.1, 0.15) is 0 Å². The molecular weight excluding hydrogens is 406 g/mol. The number of hydrogen-bond acceptors (Lipinski definition) is 8. The van der Waals surface area contributed by atoms with E-state index < -0.39 is 16.6 Å². The summed E-state index contributed by atoms with van der Waals surface area (Å²) < 4.78 is 10.7. The Labute approximate surface area is 179 Å². The standard InChI is InChI=1S/C20H25N5O6/c1-20(2,3)24(19(26)27)9-13-11-31-10-12-7-14(8-21-17(12)13)22-18-15(25(28)29)5-6-16(23-18)30-4/h5-8,13H,9-11H2,1-4H3,(H,22,23)(H,26,27). The molecule has 1 amide bonds. The largest absolute Gasteiger partial charge is 0.481 e. The van der Waals surface area contributed by atoms with Crippen LogP contribution in [-0.4, -0.2) is 56.8 Å².